The Morgan fingerprint density at radius 3 is 2.86 bits per heavy atom. The van der Waals surface area contributed by atoms with E-state index in [4.69, 9.17) is 0 Å². The van der Waals surface area contributed by atoms with E-state index in [-0.39, 0.29) is 17.8 Å². The lowest BCUT2D eigenvalue weighted by Gasteiger charge is -2.13. The summed E-state index contributed by atoms with van der Waals surface area (Å²) in [6.45, 7) is 3.05. The quantitative estimate of drug-likeness (QED) is 0.915. The fourth-order valence-electron chi connectivity index (χ4n) is 2.73. The Balaban J connectivity index is 1.73. The van der Waals surface area contributed by atoms with Crippen molar-refractivity contribution in [3.63, 3.8) is 0 Å². The first-order valence-corrected chi connectivity index (χ1v) is 7.38. The van der Waals surface area contributed by atoms with Crippen molar-refractivity contribution in [1.82, 2.24) is 10.3 Å². The molecule has 2 atom stereocenters. The fourth-order valence-corrected chi connectivity index (χ4v) is 2.73. The number of rotatable bonds is 3. The third-order valence-corrected chi connectivity index (χ3v) is 3.88. The number of halogens is 1. The molecular formula is C17H18FN3O. The van der Waals surface area contributed by atoms with Crippen LogP contribution < -0.4 is 10.6 Å². The maximum Gasteiger partial charge on any atom is 0.274 e. The zero-order valence-corrected chi connectivity index (χ0v) is 12.3. The van der Waals surface area contributed by atoms with Crippen LogP contribution in [0.3, 0.4) is 0 Å². The summed E-state index contributed by atoms with van der Waals surface area (Å²) in [7, 11) is 0. The van der Waals surface area contributed by atoms with E-state index in [1.54, 1.807) is 36.5 Å². The number of nitrogens with one attached hydrogen (secondary N) is 2. The number of carbonyl (C=O) groups is 1. The highest BCUT2D eigenvalue weighted by atomic mass is 19.1. The number of hydrogen-bond donors (Lipinski definition) is 2. The summed E-state index contributed by atoms with van der Waals surface area (Å²) in [4.78, 5) is 16.0. The first kappa shape index (κ1) is 14.7. The van der Waals surface area contributed by atoms with Gasteiger partial charge in [-0.1, -0.05) is 19.1 Å². The van der Waals surface area contributed by atoms with Gasteiger partial charge in [0.1, 0.15) is 11.5 Å². The van der Waals surface area contributed by atoms with E-state index < -0.39 is 0 Å². The Kier molecular flexibility index (Phi) is 4.15. The molecule has 1 aromatic heterocycles. The van der Waals surface area contributed by atoms with Crippen molar-refractivity contribution in [3.05, 3.63) is 59.7 Å². The van der Waals surface area contributed by atoms with Crippen molar-refractivity contribution in [2.45, 2.75) is 19.4 Å². The van der Waals surface area contributed by atoms with E-state index in [2.05, 4.69) is 22.5 Å². The first-order valence-electron chi connectivity index (χ1n) is 7.38. The second-order valence-electron chi connectivity index (χ2n) is 5.71. The molecule has 1 saturated heterocycles. The summed E-state index contributed by atoms with van der Waals surface area (Å²) in [5, 5.41) is 5.98. The molecule has 1 aliphatic heterocycles. The number of aromatic nitrogens is 1. The van der Waals surface area contributed by atoms with Crippen LogP contribution in [0.25, 0.3) is 0 Å². The molecule has 0 bridgehead atoms. The SMILES string of the molecule is CC1CNC(c2ccc(NC(=O)c3ccccn3)cc2F)C1. The lowest BCUT2D eigenvalue weighted by atomic mass is 10.0. The van der Waals surface area contributed by atoms with Gasteiger partial charge in [0.2, 0.25) is 0 Å². The number of anilines is 1. The number of carbonyl (C=O) groups excluding carboxylic acids is 1. The third-order valence-electron chi connectivity index (χ3n) is 3.88. The highest BCUT2D eigenvalue weighted by molar-refractivity contribution is 6.02. The maximum atomic E-state index is 14.3. The average Bonchev–Trinajstić information content (AvgIpc) is 2.94. The fraction of sp³-hybridized carbons (Fsp3) is 0.294. The van der Waals surface area contributed by atoms with Gasteiger partial charge in [0.05, 0.1) is 0 Å². The van der Waals surface area contributed by atoms with E-state index in [1.165, 1.54) is 6.07 Å². The number of hydrogen-bond acceptors (Lipinski definition) is 3. The zero-order chi connectivity index (χ0) is 15.5. The van der Waals surface area contributed by atoms with Crippen molar-refractivity contribution in [2.24, 2.45) is 5.92 Å². The van der Waals surface area contributed by atoms with E-state index in [0.717, 1.165) is 13.0 Å². The summed E-state index contributed by atoms with van der Waals surface area (Å²) < 4.78 is 14.3. The molecule has 4 nitrogen and oxygen atoms in total. The standard InChI is InChI=1S/C17H18FN3O/c1-11-8-16(20-10-11)13-6-5-12(9-14(13)18)21-17(22)15-4-2-3-7-19-15/h2-7,9,11,16,20H,8,10H2,1H3,(H,21,22). The molecule has 114 valence electrons. The second kappa shape index (κ2) is 6.23. The third kappa shape index (κ3) is 3.14. The smallest absolute Gasteiger partial charge is 0.274 e. The van der Waals surface area contributed by atoms with E-state index in [9.17, 15) is 9.18 Å². The van der Waals surface area contributed by atoms with Crippen LogP contribution in [-0.2, 0) is 0 Å². The largest absolute Gasteiger partial charge is 0.321 e. The number of pyridine rings is 1. The molecule has 2 unspecified atom stereocenters. The molecule has 0 spiro atoms. The molecule has 0 saturated carbocycles. The number of benzene rings is 1. The van der Waals surface area contributed by atoms with Crippen LogP contribution in [0.15, 0.2) is 42.6 Å². The molecule has 22 heavy (non-hydrogen) atoms. The molecule has 1 aliphatic rings. The van der Waals surface area contributed by atoms with Crippen LogP contribution in [0.1, 0.15) is 35.4 Å². The molecule has 1 fully saturated rings. The minimum atomic E-state index is -0.347. The summed E-state index contributed by atoms with van der Waals surface area (Å²) in [6.07, 6.45) is 2.47. The van der Waals surface area contributed by atoms with Gasteiger partial charge in [0.15, 0.2) is 0 Å². The van der Waals surface area contributed by atoms with Crippen LogP contribution in [0.5, 0.6) is 0 Å². The molecule has 2 aromatic rings. The minimum absolute atomic E-state index is 0.0514. The maximum absolute atomic E-state index is 14.3. The van der Waals surface area contributed by atoms with Gasteiger partial charge in [-0.2, -0.15) is 0 Å². The van der Waals surface area contributed by atoms with Gasteiger partial charge in [-0.25, -0.2) is 4.39 Å². The minimum Gasteiger partial charge on any atom is -0.321 e. The van der Waals surface area contributed by atoms with Gasteiger partial charge in [-0.15, -0.1) is 0 Å². The van der Waals surface area contributed by atoms with E-state index >= 15 is 0 Å². The molecule has 2 heterocycles. The molecule has 1 aromatic carbocycles. The Hall–Kier alpha value is -2.27. The van der Waals surface area contributed by atoms with Crippen LogP contribution in [0, 0.1) is 11.7 Å². The Morgan fingerprint density at radius 1 is 1.36 bits per heavy atom. The van der Waals surface area contributed by atoms with Gasteiger partial charge < -0.3 is 10.6 Å². The summed E-state index contributed by atoms with van der Waals surface area (Å²) in [5.74, 6) is -0.0984. The molecule has 3 rings (SSSR count). The Bertz CT molecular complexity index is 675. The Morgan fingerprint density at radius 2 is 2.23 bits per heavy atom. The summed E-state index contributed by atoms with van der Waals surface area (Å²) in [6, 6.07) is 9.96. The molecule has 1 amide bonds. The lowest BCUT2D eigenvalue weighted by molar-refractivity contribution is 0.102. The first-order chi connectivity index (χ1) is 10.6. The average molecular weight is 299 g/mol. The van der Waals surface area contributed by atoms with Crippen LogP contribution in [0.2, 0.25) is 0 Å². The highest BCUT2D eigenvalue weighted by Gasteiger charge is 2.24. The van der Waals surface area contributed by atoms with Gasteiger partial charge in [-0.3, -0.25) is 9.78 Å². The molecule has 2 N–H and O–H groups in total. The predicted octanol–water partition coefficient (Wildman–Crippen LogP) is 3.14. The lowest BCUT2D eigenvalue weighted by Crippen LogP contribution is -2.16. The number of amides is 1. The zero-order valence-electron chi connectivity index (χ0n) is 12.3. The molecule has 5 heteroatoms. The van der Waals surface area contributed by atoms with Gasteiger partial charge in [0.25, 0.3) is 5.91 Å². The monoisotopic (exact) mass is 299 g/mol. The van der Waals surface area contributed by atoms with E-state index in [1.807, 2.05) is 0 Å². The molecule has 0 aliphatic carbocycles. The van der Waals surface area contributed by atoms with Crippen LogP contribution in [-0.4, -0.2) is 17.4 Å². The van der Waals surface area contributed by atoms with Crippen molar-refractivity contribution >= 4 is 11.6 Å². The van der Waals surface area contributed by atoms with Gasteiger partial charge in [0, 0.05) is 23.5 Å². The second-order valence-corrected chi connectivity index (χ2v) is 5.71. The number of nitrogens with zero attached hydrogens (tertiary/aromatic N) is 1. The van der Waals surface area contributed by atoms with Crippen molar-refractivity contribution in [2.75, 3.05) is 11.9 Å². The highest BCUT2D eigenvalue weighted by Crippen LogP contribution is 2.29. The predicted molar refractivity (Wildman–Crippen MR) is 83.1 cm³/mol. The van der Waals surface area contributed by atoms with Gasteiger partial charge in [-0.05, 0) is 43.1 Å². The summed E-state index contributed by atoms with van der Waals surface area (Å²) in [5.41, 5.74) is 1.39. The van der Waals surface area contributed by atoms with Crippen LogP contribution >= 0.6 is 0 Å². The van der Waals surface area contributed by atoms with Crippen molar-refractivity contribution < 1.29 is 9.18 Å². The van der Waals surface area contributed by atoms with E-state index in [0.29, 0.717) is 22.9 Å². The molecule has 0 radical (unpaired) electrons. The van der Waals surface area contributed by atoms with Gasteiger partial charge >= 0.3 is 0 Å². The molecular weight excluding hydrogens is 281 g/mol. The topological polar surface area (TPSA) is 54.0 Å². The Labute approximate surface area is 128 Å². The van der Waals surface area contributed by atoms with Crippen molar-refractivity contribution in [1.29, 1.82) is 0 Å². The van der Waals surface area contributed by atoms with Crippen LogP contribution in [0.4, 0.5) is 10.1 Å². The summed E-state index contributed by atoms with van der Waals surface area (Å²) >= 11 is 0. The normalized spacial score (nSPS) is 20.8. The van der Waals surface area contributed by atoms with Crippen molar-refractivity contribution in [3.8, 4) is 0 Å².